The Hall–Kier alpha value is -3.51. The maximum absolute atomic E-state index is 12.2. The van der Waals surface area contributed by atoms with Crippen LogP contribution in [0.15, 0.2) is 77.9 Å². The van der Waals surface area contributed by atoms with Crippen LogP contribution in [-0.4, -0.2) is 17.3 Å². The number of carbonyl (C=O) groups excluding carboxylic acids is 1. The first-order valence-electron chi connectivity index (χ1n) is 9.05. The lowest BCUT2D eigenvalue weighted by Gasteiger charge is -2.07. The summed E-state index contributed by atoms with van der Waals surface area (Å²) in [4.78, 5) is 12.2. The highest BCUT2D eigenvalue weighted by atomic mass is 32.1. The predicted octanol–water partition coefficient (Wildman–Crippen LogP) is 4.84. The van der Waals surface area contributed by atoms with Gasteiger partial charge in [0.25, 0.3) is 0 Å². The van der Waals surface area contributed by atoms with Crippen LogP contribution >= 0.6 is 12.2 Å². The number of anilines is 1. The molecule has 0 amide bonds. The van der Waals surface area contributed by atoms with Crippen LogP contribution in [-0.2, 0) is 0 Å². The Morgan fingerprint density at radius 3 is 2.34 bits per heavy atom. The van der Waals surface area contributed by atoms with Gasteiger partial charge in [-0.05, 0) is 85.7 Å². The number of nitrogens with one attached hydrogen (secondary N) is 2. The molecule has 0 aliphatic rings. The first kappa shape index (κ1) is 20.2. The topological polar surface area (TPSA) is 62.7 Å². The van der Waals surface area contributed by atoms with Crippen LogP contribution in [0.3, 0.4) is 0 Å². The SMILES string of the molecule is Cc1cccc(NC(=S)NN=Cc2ccc(OC(=O)c3cccc(C)c3)cc2)c1. The summed E-state index contributed by atoms with van der Waals surface area (Å²) in [6.07, 6.45) is 1.64. The molecule has 0 saturated carbocycles. The smallest absolute Gasteiger partial charge is 0.343 e. The zero-order valence-electron chi connectivity index (χ0n) is 16.2. The van der Waals surface area contributed by atoms with E-state index in [9.17, 15) is 4.79 Å². The highest BCUT2D eigenvalue weighted by molar-refractivity contribution is 7.80. The van der Waals surface area contributed by atoms with Crippen molar-refractivity contribution in [2.75, 3.05) is 5.32 Å². The molecule has 6 heteroatoms. The maximum atomic E-state index is 12.2. The molecule has 5 nitrogen and oxygen atoms in total. The van der Waals surface area contributed by atoms with Crippen molar-refractivity contribution in [1.82, 2.24) is 5.43 Å². The molecule has 0 spiro atoms. The fourth-order valence-corrected chi connectivity index (χ4v) is 2.78. The van der Waals surface area contributed by atoms with Gasteiger partial charge in [0.05, 0.1) is 11.8 Å². The predicted molar refractivity (Wildman–Crippen MR) is 121 cm³/mol. The van der Waals surface area contributed by atoms with Crippen LogP contribution < -0.4 is 15.5 Å². The van der Waals surface area contributed by atoms with Gasteiger partial charge in [0, 0.05) is 5.69 Å². The molecular formula is C23H21N3O2S. The highest BCUT2D eigenvalue weighted by Crippen LogP contribution is 2.14. The lowest BCUT2D eigenvalue weighted by molar-refractivity contribution is 0.0734. The van der Waals surface area contributed by atoms with E-state index in [0.29, 0.717) is 16.4 Å². The van der Waals surface area contributed by atoms with Crippen molar-refractivity contribution in [1.29, 1.82) is 0 Å². The lowest BCUT2D eigenvalue weighted by atomic mass is 10.1. The number of thiocarbonyl (C=S) groups is 1. The van der Waals surface area contributed by atoms with E-state index >= 15 is 0 Å². The van der Waals surface area contributed by atoms with Crippen molar-refractivity contribution in [3.63, 3.8) is 0 Å². The van der Waals surface area contributed by atoms with Crippen LogP contribution in [0.25, 0.3) is 0 Å². The summed E-state index contributed by atoms with van der Waals surface area (Å²) in [5.41, 5.74) is 7.19. The van der Waals surface area contributed by atoms with Gasteiger partial charge in [-0.15, -0.1) is 0 Å². The minimum atomic E-state index is -0.385. The van der Waals surface area contributed by atoms with Gasteiger partial charge in [-0.1, -0.05) is 29.8 Å². The molecule has 0 aliphatic heterocycles. The van der Waals surface area contributed by atoms with Crippen molar-refractivity contribution in [3.05, 3.63) is 95.1 Å². The third-order valence-electron chi connectivity index (χ3n) is 4.00. The van der Waals surface area contributed by atoms with E-state index in [-0.39, 0.29) is 5.97 Å². The van der Waals surface area contributed by atoms with Crippen LogP contribution in [0.2, 0.25) is 0 Å². The summed E-state index contributed by atoms with van der Waals surface area (Å²) in [5.74, 6) is 0.0857. The lowest BCUT2D eigenvalue weighted by Crippen LogP contribution is -2.23. The molecule has 146 valence electrons. The van der Waals surface area contributed by atoms with Gasteiger partial charge in [-0.3, -0.25) is 5.43 Å². The normalized spacial score (nSPS) is 10.6. The molecule has 0 saturated heterocycles. The third kappa shape index (κ3) is 6.26. The van der Waals surface area contributed by atoms with Gasteiger partial charge in [-0.2, -0.15) is 5.10 Å². The Labute approximate surface area is 175 Å². The molecule has 0 aromatic heterocycles. The number of rotatable bonds is 5. The molecular weight excluding hydrogens is 382 g/mol. The summed E-state index contributed by atoms with van der Waals surface area (Å²) in [6.45, 7) is 3.95. The minimum Gasteiger partial charge on any atom is -0.423 e. The van der Waals surface area contributed by atoms with E-state index in [2.05, 4.69) is 15.8 Å². The Bertz CT molecular complexity index is 1050. The number of carbonyl (C=O) groups is 1. The van der Waals surface area contributed by atoms with Gasteiger partial charge in [0.15, 0.2) is 5.11 Å². The van der Waals surface area contributed by atoms with E-state index < -0.39 is 0 Å². The Morgan fingerprint density at radius 2 is 1.66 bits per heavy atom. The van der Waals surface area contributed by atoms with E-state index in [1.165, 1.54) is 0 Å². The molecule has 0 aliphatic carbocycles. The molecule has 0 heterocycles. The van der Waals surface area contributed by atoms with Gasteiger partial charge in [-0.25, -0.2) is 4.79 Å². The van der Waals surface area contributed by atoms with E-state index in [4.69, 9.17) is 17.0 Å². The number of hydrazone groups is 1. The molecule has 0 unspecified atom stereocenters. The molecule has 3 rings (SSSR count). The summed E-state index contributed by atoms with van der Waals surface area (Å²) in [7, 11) is 0. The van der Waals surface area contributed by atoms with Gasteiger partial charge in [0.2, 0.25) is 0 Å². The summed E-state index contributed by atoms with van der Waals surface area (Å²) in [5, 5.41) is 7.59. The number of esters is 1. The fraction of sp³-hybridized carbons (Fsp3) is 0.0870. The zero-order valence-corrected chi connectivity index (χ0v) is 17.0. The van der Waals surface area contributed by atoms with Crippen LogP contribution in [0, 0.1) is 13.8 Å². The molecule has 2 N–H and O–H groups in total. The average Bonchev–Trinajstić information content (AvgIpc) is 2.69. The third-order valence-corrected chi connectivity index (χ3v) is 4.19. The van der Waals surface area contributed by atoms with E-state index in [0.717, 1.165) is 22.4 Å². The summed E-state index contributed by atoms with van der Waals surface area (Å²) >= 11 is 5.23. The highest BCUT2D eigenvalue weighted by Gasteiger charge is 2.08. The standard InChI is InChI=1S/C23H21N3O2S/c1-16-5-3-7-19(13-16)22(27)28-21-11-9-18(10-12-21)15-24-26-23(29)25-20-8-4-6-17(2)14-20/h3-15H,1-2H3,(H2,25,26,29). The minimum absolute atomic E-state index is 0.385. The molecule has 29 heavy (non-hydrogen) atoms. The number of benzene rings is 3. The molecule has 0 atom stereocenters. The van der Waals surface area contributed by atoms with Gasteiger partial charge in [0.1, 0.15) is 5.75 Å². The Morgan fingerprint density at radius 1 is 0.966 bits per heavy atom. The van der Waals surface area contributed by atoms with Crippen LogP contribution in [0.5, 0.6) is 5.75 Å². The fourth-order valence-electron chi connectivity index (χ4n) is 2.61. The molecule has 0 radical (unpaired) electrons. The van der Waals surface area contributed by atoms with Crippen molar-refractivity contribution < 1.29 is 9.53 Å². The first-order valence-corrected chi connectivity index (χ1v) is 9.46. The van der Waals surface area contributed by atoms with Crippen molar-refractivity contribution in [2.45, 2.75) is 13.8 Å². The average molecular weight is 404 g/mol. The second-order valence-corrected chi connectivity index (χ2v) is 6.93. The summed E-state index contributed by atoms with van der Waals surface area (Å²) < 4.78 is 5.40. The zero-order chi connectivity index (χ0) is 20.6. The summed E-state index contributed by atoms with van der Waals surface area (Å²) in [6, 6.07) is 22.2. The van der Waals surface area contributed by atoms with E-state index in [1.807, 2.05) is 50.2 Å². The first-order chi connectivity index (χ1) is 14.0. The van der Waals surface area contributed by atoms with E-state index in [1.54, 1.807) is 42.6 Å². The van der Waals surface area contributed by atoms with Crippen molar-refractivity contribution >= 4 is 35.2 Å². The molecule has 3 aromatic rings. The van der Waals surface area contributed by atoms with Crippen LogP contribution in [0.4, 0.5) is 5.69 Å². The molecule has 0 bridgehead atoms. The quantitative estimate of drug-likeness (QED) is 0.210. The number of hydrogen-bond donors (Lipinski definition) is 2. The van der Waals surface area contributed by atoms with Gasteiger partial charge < -0.3 is 10.1 Å². The van der Waals surface area contributed by atoms with Crippen molar-refractivity contribution in [2.24, 2.45) is 5.10 Å². The largest absolute Gasteiger partial charge is 0.423 e. The molecule has 0 fully saturated rings. The van der Waals surface area contributed by atoms with Crippen molar-refractivity contribution in [3.8, 4) is 5.75 Å². The second kappa shape index (κ2) is 9.61. The van der Waals surface area contributed by atoms with Crippen LogP contribution in [0.1, 0.15) is 27.0 Å². The number of aryl methyl sites for hydroxylation is 2. The number of ether oxygens (including phenoxy) is 1. The maximum Gasteiger partial charge on any atom is 0.343 e. The van der Waals surface area contributed by atoms with Gasteiger partial charge >= 0.3 is 5.97 Å². The second-order valence-electron chi connectivity index (χ2n) is 6.52. The monoisotopic (exact) mass is 403 g/mol. The Kier molecular flexibility index (Phi) is 6.71. The Balaban J connectivity index is 1.52. The number of nitrogens with zero attached hydrogens (tertiary/aromatic N) is 1. The number of hydrogen-bond acceptors (Lipinski definition) is 4. The molecule has 3 aromatic carbocycles.